The van der Waals surface area contributed by atoms with Crippen molar-refractivity contribution in [3.63, 3.8) is 0 Å². The topological polar surface area (TPSA) is 67.6 Å². The van der Waals surface area contributed by atoms with Crippen molar-refractivity contribution < 1.29 is 14.1 Å². The molecule has 1 aromatic heterocycles. The van der Waals surface area contributed by atoms with Gasteiger partial charge in [-0.3, -0.25) is 9.69 Å². The van der Waals surface area contributed by atoms with Crippen LogP contribution in [0.5, 0.6) is 0 Å². The first kappa shape index (κ1) is 17.0. The number of halogens is 1. The maximum atomic E-state index is 12.1. The third kappa shape index (κ3) is 4.56. The van der Waals surface area contributed by atoms with Gasteiger partial charge in [0.1, 0.15) is 0 Å². The summed E-state index contributed by atoms with van der Waals surface area (Å²) in [4.78, 5) is 14.3. The van der Waals surface area contributed by atoms with Crippen molar-refractivity contribution in [3.05, 3.63) is 52.4 Å². The van der Waals surface area contributed by atoms with Crippen LogP contribution < -0.4 is 5.32 Å². The predicted octanol–water partition coefficient (Wildman–Crippen LogP) is 2.13. The van der Waals surface area contributed by atoms with E-state index in [0.29, 0.717) is 36.0 Å². The van der Waals surface area contributed by atoms with Crippen LogP contribution in [0.4, 0.5) is 0 Å². The normalized spacial score (nSPS) is 15.4. The van der Waals surface area contributed by atoms with E-state index in [0.717, 1.165) is 31.9 Å². The molecule has 24 heavy (non-hydrogen) atoms. The minimum Gasteiger partial charge on any atom is -0.379 e. The van der Waals surface area contributed by atoms with Gasteiger partial charge in [0.05, 0.1) is 19.8 Å². The van der Waals surface area contributed by atoms with Gasteiger partial charge in [-0.1, -0.05) is 35.0 Å². The molecular weight excluding hydrogens is 330 g/mol. The number of ether oxygens (including phenoxy) is 1. The number of nitrogens with zero attached hydrogens (tertiary/aromatic N) is 2. The lowest BCUT2D eigenvalue weighted by Crippen LogP contribution is -2.35. The van der Waals surface area contributed by atoms with Crippen LogP contribution in [-0.2, 0) is 17.7 Å². The Morgan fingerprint density at radius 3 is 2.88 bits per heavy atom. The first-order valence-electron chi connectivity index (χ1n) is 7.99. The summed E-state index contributed by atoms with van der Waals surface area (Å²) in [5.41, 5.74) is 1.31. The van der Waals surface area contributed by atoms with Crippen LogP contribution in [0.3, 0.4) is 0 Å². The lowest BCUT2D eigenvalue weighted by molar-refractivity contribution is 0.0305. The molecule has 3 rings (SSSR count). The molecule has 1 saturated heterocycles. The van der Waals surface area contributed by atoms with Crippen molar-refractivity contribution in [2.75, 3.05) is 32.8 Å². The summed E-state index contributed by atoms with van der Waals surface area (Å²) in [5.74, 6) is 0.451. The largest absolute Gasteiger partial charge is 0.379 e. The van der Waals surface area contributed by atoms with Gasteiger partial charge < -0.3 is 14.6 Å². The summed E-state index contributed by atoms with van der Waals surface area (Å²) in [6, 6.07) is 9.30. The van der Waals surface area contributed by atoms with Crippen molar-refractivity contribution in [2.45, 2.75) is 13.0 Å². The average molecular weight is 350 g/mol. The molecule has 1 aliphatic rings. The van der Waals surface area contributed by atoms with Crippen LogP contribution in [-0.4, -0.2) is 48.8 Å². The van der Waals surface area contributed by atoms with E-state index in [1.807, 2.05) is 24.3 Å². The Kier molecular flexibility index (Phi) is 5.85. The van der Waals surface area contributed by atoms with Gasteiger partial charge in [0.2, 0.25) is 0 Å². The molecule has 1 aromatic carbocycles. The Balaban J connectivity index is 1.47. The second kappa shape index (κ2) is 8.28. The molecule has 2 heterocycles. The third-order valence-corrected chi connectivity index (χ3v) is 4.28. The van der Waals surface area contributed by atoms with Crippen LogP contribution in [0.2, 0.25) is 5.02 Å². The number of amides is 1. The molecule has 1 aliphatic heterocycles. The molecule has 0 unspecified atom stereocenters. The van der Waals surface area contributed by atoms with Gasteiger partial charge >= 0.3 is 0 Å². The number of hydrogen-bond donors (Lipinski definition) is 1. The van der Waals surface area contributed by atoms with Crippen molar-refractivity contribution in [1.82, 2.24) is 15.4 Å². The lowest BCUT2D eigenvalue weighted by atomic mass is 10.1. The molecule has 128 valence electrons. The van der Waals surface area contributed by atoms with E-state index < -0.39 is 0 Å². The fourth-order valence-electron chi connectivity index (χ4n) is 2.58. The fraction of sp³-hybridized carbons (Fsp3) is 0.412. The second-order valence-corrected chi connectivity index (χ2v) is 6.07. The summed E-state index contributed by atoms with van der Waals surface area (Å²) in [6.45, 7) is 4.31. The van der Waals surface area contributed by atoms with Gasteiger partial charge in [-0.2, -0.15) is 0 Å². The highest BCUT2D eigenvalue weighted by Crippen LogP contribution is 2.15. The monoisotopic (exact) mass is 349 g/mol. The summed E-state index contributed by atoms with van der Waals surface area (Å²) in [6.07, 6.45) is 0.671. The van der Waals surface area contributed by atoms with E-state index in [-0.39, 0.29) is 5.91 Å². The van der Waals surface area contributed by atoms with Crippen LogP contribution in [0.25, 0.3) is 0 Å². The molecule has 0 spiro atoms. The number of hydrogen-bond acceptors (Lipinski definition) is 5. The first-order valence-corrected chi connectivity index (χ1v) is 8.37. The summed E-state index contributed by atoms with van der Waals surface area (Å²) in [5, 5.41) is 7.40. The minimum atomic E-state index is -0.237. The van der Waals surface area contributed by atoms with Gasteiger partial charge in [0.15, 0.2) is 11.5 Å². The zero-order valence-electron chi connectivity index (χ0n) is 13.3. The number of carbonyl (C=O) groups excluding carboxylic acids is 1. The molecule has 1 N–H and O–H groups in total. The van der Waals surface area contributed by atoms with E-state index >= 15 is 0 Å². The Bertz CT molecular complexity index is 683. The molecule has 0 saturated carbocycles. The summed E-state index contributed by atoms with van der Waals surface area (Å²) >= 11 is 6.10. The van der Waals surface area contributed by atoms with E-state index in [1.165, 1.54) is 0 Å². The Morgan fingerprint density at radius 1 is 1.29 bits per heavy atom. The van der Waals surface area contributed by atoms with Gasteiger partial charge in [0.25, 0.3) is 5.91 Å². The van der Waals surface area contributed by atoms with Crippen molar-refractivity contribution in [2.24, 2.45) is 0 Å². The molecule has 0 aliphatic carbocycles. The van der Waals surface area contributed by atoms with Crippen LogP contribution in [0.15, 0.2) is 34.9 Å². The number of carbonyl (C=O) groups is 1. The van der Waals surface area contributed by atoms with E-state index in [9.17, 15) is 4.79 Å². The molecule has 0 radical (unpaired) electrons. The minimum absolute atomic E-state index is 0.237. The van der Waals surface area contributed by atoms with Gasteiger partial charge in [-0.05, 0) is 18.1 Å². The molecule has 1 fully saturated rings. The first-order chi connectivity index (χ1) is 11.7. The van der Waals surface area contributed by atoms with Crippen LogP contribution in [0, 0.1) is 0 Å². The Hall–Kier alpha value is -1.89. The van der Waals surface area contributed by atoms with Crippen molar-refractivity contribution in [1.29, 1.82) is 0 Å². The highest BCUT2D eigenvalue weighted by atomic mass is 35.5. The molecular formula is C17H20ClN3O3. The summed E-state index contributed by atoms with van der Waals surface area (Å²) < 4.78 is 10.6. The lowest BCUT2D eigenvalue weighted by Gasteiger charge is -2.25. The second-order valence-electron chi connectivity index (χ2n) is 5.66. The SMILES string of the molecule is O=C(NCCc1ccccc1Cl)c1cc(CN2CCOCC2)on1. The number of aromatic nitrogens is 1. The summed E-state index contributed by atoms with van der Waals surface area (Å²) in [7, 11) is 0. The number of rotatable bonds is 6. The average Bonchev–Trinajstić information content (AvgIpc) is 3.06. The smallest absolute Gasteiger partial charge is 0.273 e. The molecule has 7 heteroatoms. The molecule has 0 atom stereocenters. The van der Waals surface area contributed by atoms with E-state index in [2.05, 4.69) is 15.4 Å². The number of benzene rings is 1. The van der Waals surface area contributed by atoms with E-state index in [4.69, 9.17) is 20.9 Å². The molecule has 1 amide bonds. The van der Waals surface area contributed by atoms with Crippen LogP contribution in [0.1, 0.15) is 21.8 Å². The Morgan fingerprint density at radius 2 is 2.08 bits per heavy atom. The maximum absolute atomic E-state index is 12.1. The Labute approximate surface area is 145 Å². The zero-order valence-corrected chi connectivity index (χ0v) is 14.1. The quantitative estimate of drug-likeness (QED) is 0.865. The highest BCUT2D eigenvalue weighted by molar-refractivity contribution is 6.31. The molecule has 0 bridgehead atoms. The third-order valence-electron chi connectivity index (χ3n) is 3.91. The van der Waals surface area contributed by atoms with Crippen molar-refractivity contribution in [3.8, 4) is 0 Å². The highest BCUT2D eigenvalue weighted by Gasteiger charge is 2.16. The van der Waals surface area contributed by atoms with Gasteiger partial charge in [0, 0.05) is 30.7 Å². The standard InChI is InChI=1S/C17H20ClN3O3/c18-15-4-2-1-3-13(15)5-6-19-17(22)16-11-14(24-20-16)12-21-7-9-23-10-8-21/h1-4,11H,5-10,12H2,(H,19,22). The fourth-order valence-corrected chi connectivity index (χ4v) is 2.81. The zero-order chi connectivity index (χ0) is 16.8. The number of morpholine rings is 1. The van der Waals surface area contributed by atoms with Crippen LogP contribution >= 0.6 is 11.6 Å². The molecule has 6 nitrogen and oxygen atoms in total. The van der Waals surface area contributed by atoms with Crippen molar-refractivity contribution >= 4 is 17.5 Å². The van der Waals surface area contributed by atoms with Gasteiger partial charge in [-0.15, -0.1) is 0 Å². The maximum Gasteiger partial charge on any atom is 0.273 e. The predicted molar refractivity (Wildman–Crippen MR) is 90.1 cm³/mol. The molecule has 2 aromatic rings. The number of nitrogens with one attached hydrogen (secondary N) is 1. The van der Waals surface area contributed by atoms with E-state index in [1.54, 1.807) is 6.07 Å². The van der Waals surface area contributed by atoms with Gasteiger partial charge in [-0.25, -0.2) is 0 Å².